The molecular formula is C41H42O3S. The van der Waals surface area contributed by atoms with E-state index in [9.17, 15) is 8.42 Å². The number of allylic oxidation sites excluding steroid dienone is 1. The Labute approximate surface area is 267 Å². The van der Waals surface area contributed by atoms with Crippen molar-refractivity contribution in [3.8, 4) is 22.3 Å². The molecule has 0 atom stereocenters. The Morgan fingerprint density at radius 3 is 1.42 bits per heavy atom. The Bertz CT molecular complexity index is 2240. The summed E-state index contributed by atoms with van der Waals surface area (Å²) in [6.07, 6.45) is 3.67. The fourth-order valence-electron chi connectivity index (χ4n) is 8.62. The van der Waals surface area contributed by atoms with Gasteiger partial charge in [0.05, 0.1) is 16.6 Å². The summed E-state index contributed by atoms with van der Waals surface area (Å²) in [4.78, 5) is 0.321. The molecule has 0 saturated carbocycles. The summed E-state index contributed by atoms with van der Waals surface area (Å²) in [7, 11) is -3.72. The topological polar surface area (TPSA) is 47.3 Å². The average Bonchev–Trinajstić information content (AvgIpc) is 3.43. The summed E-state index contributed by atoms with van der Waals surface area (Å²) in [6, 6.07) is 5.78. The highest BCUT2D eigenvalue weighted by molar-refractivity contribution is 7.94. The molecule has 0 unspecified atom stereocenters. The van der Waals surface area contributed by atoms with Crippen molar-refractivity contribution in [1.82, 2.24) is 0 Å². The molecule has 1 aliphatic heterocycles. The maximum atomic E-state index is 14.0. The highest BCUT2D eigenvalue weighted by atomic mass is 32.2. The first-order valence-electron chi connectivity index (χ1n) is 15.9. The monoisotopic (exact) mass is 614 g/mol. The van der Waals surface area contributed by atoms with Gasteiger partial charge in [-0.2, -0.15) is 0 Å². The molecule has 4 heteroatoms. The van der Waals surface area contributed by atoms with E-state index in [1.165, 1.54) is 106 Å². The molecule has 4 aromatic carbocycles. The van der Waals surface area contributed by atoms with E-state index in [4.69, 9.17) is 4.42 Å². The predicted molar refractivity (Wildman–Crippen MR) is 187 cm³/mol. The lowest BCUT2D eigenvalue weighted by Gasteiger charge is -2.41. The van der Waals surface area contributed by atoms with Crippen LogP contribution in [0.4, 0.5) is 0 Å². The van der Waals surface area contributed by atoms with E-state index in [0.717, 1.165) is 10.9 Å². The number of furan rings is 1. The predicted octanol–water partition coefficient (Wildman–Crippen LogP) is 10.4. The van der Waals surface area contributed by atoms with Crippen molar-refractivity contribution in [3.63, 3.8) is 0 Å². The molecular weight excluding hydrogens is 573 g/mol. The van der Waals surface area contributed by atoms with Crippen LogP contribution in [-0.2, 0) is 15.3 Å². The zero-order valence-corrected chi connectivity index (χ0v) is 29.4. The van der Waals surface area contributed by atoms with Crippen molar-refractivity contribution >= 4 is 20.8 Å². The Morgan fingerprint density at radius 2 is 0.956 bits per heavy atom. The first-order chi connectivity index (χ1) is 21.1. The molecule has 5 aromatic rings. The molecule has 7 rings (SSSR count). The fourth-order valence-corrected chi connectivity index (χ4v) is 9.95. The fraction of sp³-hybridized carbons (Fsp3) is 0.317. The number of benzene rings is 4. The molecule has 0 fully saturated rings. The first kappa shape index (κ1) is 29.8. The van der Waals surface area contributed by atoms with Crippen LogP contribution in [0.15, 0.2) is 45.3 Å². The largest absolute Gasteiger partial charge is 0.464 e. The molecule has 0 N–H and O–H groups in total. The maximum Gasteiger partial charge on any atom is 0.200 e. The van der Waals surface area contributed by atoms with Gasteiger partial charge in [0.25, 0.3) is 0 Å². The summed E-state index contributed by atoms with van der Waals surface area (Å²) in [5.41, 5.74) is 23.1. The quantitative estimate of drug-likeness (QED) is 0.174. The zero-order chi connectivity index (χ0) is 32.7. The lowest BCUT2D eigenvalue weighted by Crippen LogP contribution is -2.35. The van der Waals surface area contributed by atoms with Gasteiger partial charge in [-0.15, -0.1) is 0 Å². The second-order valence-electron chi connectivity index (χ2n) is 13.7. The van der Waals surface area contributed by atoms with Crippen LogP contribution in [0.5, 0.6) is 0 Å². The van der Waals surface area contributed by atoms with Gasteiger partial charge in [-0.25, -0.2) is 8.42 Å². The van der Waals surface area contributed by atoms with Crippen LogP contribution >= 0.6 is 0 Å². The SMILES string of the molecule is Cc1c(C)c(C)c2c(c1C)-c1c(C)c(C)c(C)c(C)c1C1(C=CS(=O)(=O)c3cc4occc4cc31)c1c(C)c(C)c(C)c(C)c1-2. The minimum atomic E-state index is -3.72. The van der Waals surface area contributed by atoms with Crippen molar-refractivity contribution in [2.75, 3.05) is 0 Å². The van der Waals surface area contributed by atoms with E-state index < -0.39 is 15.3 Å². The van der Waals surface area contributed by atoms with Gasteiger partial charge >= 0.3 is 0 Å². The van der Waals surface area contributed by atoms with Gasteiger partial charge in [0, 0.05) is 16.9 Å². The summed E-state index contributed by atoms with van der Waals surface area (Å²) in [5, 5.41) is 2.37. The summed E-state index contributed by atoms with van der Waals surface area (Å²) < 4.78 is 33.8. The van der Waals surface area contributed by atoms with Crippen LogP contribution in [0.1, 0.15) is 83.5 Å². The minimum absolute atomic E-state index is 0.321. The molecule has 45 heavy (non-hydrogen) atoms. The molecule has 0 bridgehead atoms. The molecule has 2 heterocycles. The normalized spacial score (nSPS) is 15.6. The molecule has 3 nitrogen and oxygen atoms in total. The summed E-state index contributed by atoms with van der Waals surface area (Å²) in [6.45, 7) is 27.0. The number of rotatable bonds is 0. The van der Waals surface area contributed by atoms with Gasteiger partial charge < -0.3 is 4.42 Å². The van der Waals surface area contributed by atoms with E-state index >= 15 is 0 Å². The second kappa shape index (κ2) is 9.33. The maximum absolute atomic E-state index is 14.0. The number of sulfone groups is 1. The van der Waals surface area contributed by atoms with Gasteiger partial charge in [-0.3, -0.25) is 0 Å². The van der Waals surface area contributed by atoms with Crippen LogP contribution in [-0.4, -0.2) is 8.42 Å². The Morgan fingerprint density at radius 1 is 0.533 bits per heavy atom. The van der Waals surface area contributed by atoms with Crippen molar-refractivity contribution in [1.29, 1.82) is 0 Å². The van der Waals surface area contributed by atoms with Gasteiger partial charge in [0.2, 0.25) is 0 Å². The van der Waals surface area contributed by atoms with Gasteiger partial charge in [-0.05, 0) is 201 Å². The van der Waals surface area contributed by atoms with Crippen LogP contribution in [0.2, 0.25) is 0 Å². The number of hydrogen-bond acceptors (Lipinski definition) is 3. The van der Waals surface area contributed by atoms with E-state index in [2.05, 4.69) is 89.2 Å². The van der Waals surface area contributed by atoms with Crippen molar-refractivity contribution in [2.24, 2.45) is 0 Å². The van der Waals surface area contributed by atoms with Crippen LogP contribution < -0.4 is 0 Å². The lowest BCUT2D eigenvalue weighted by atomic mass is 9.62. The van der Waals surface area contributed by atoms with Gasteiger partial charge in [-0.1, -0.05) is 6.08 Å². The average molecular weight is 615 g/mol. The summed E-state index contributed by atoms with van der Waals surface area (Å²) >= 11 is 0. The van der Waals surface area contributed by atoms with E-state index in [0.29, 0.717) is 10.5 Å². The molecule has 0 saturated heterocycles. The molecule has 0 amide bonds. The Hall–Kier alpha value is -3.89. The standard InChI is InChI=1S/C41H42O3S/c1-19-20(2)26(8)36-35(25(19)7)37-27(9)21(3)23(5)29(11)39(37)41(40-30(12)24(6)22(4)28(10)38(36)40)14-16-45(42,43)34-18-33-31(13-15-44-33)17-32(34)41/h13-18H,1-12H3. The molecule has 230 valence electrons. The third kappa shape index (κ3) is 3.49. The van der Waals surface area contributed by atoms with Gasteiger partial charge in [0.1, 0.15) is 5.58 Å². The first-order valence-corrected chi connectivity index (χ1v) is 17.4. The van der Waals surface area contributed by atoms with Crippen LogP contribution in [0, 0.1) is 83.1 Å². The Kier molecular flexibility index (Phi) is 6.18. The van der Waals surface area contributed by atoms with E-state index in [1.807, 2.05) is 12.1 Å². The summed E-state index contributed by atoms with van der Waals surface area (Å²) in [5.74, 6) is 0. The van der Waals surface area contributed by atoms with Gasteiger partial charge in [0.15, 0.2) is 9.84 Å². The van der Waals surface area contributed by atoms with E-state index in [1.54, 1.807) is 12.3 Å². The molecule has 1 aliphatic carbocycles. The Balaban J connectivity index is 1.92. The molecule has 1 spiro atoms. The van der Waals surface area contributed by atoms with Crippen molar-refractivity contribution < 1.29 is 12.8 Å². The third-order valence-corrected chi connectivity index (χ3v) is 13.6. The van der Waals surface area contributed by atoms with Crippen molar-refractivity contribution in [3.05, 3.63) is 119 Å². The van der Waals surface area contributed by atoms with E-state index in [-0.39, 0.29) is 0 Å². The molecule has 2 aliphatic rings. The van der Waals surface area contributed by atoms with Crippen LogP contribution in [0.3, 0.4) is 0 Å². The lowest BCUT2D eigenvalue weighted by molar-refractivity contribution is 0.593. The number of fused-ring (bicyclic) bond motifs is 10. The highest BCUT2D eigenvalue weighted by Crippen LogP contribution is 2.61. The number of hydrogen-bond donors (Lipinski definition) is 0. The highest BCUT2D eigenvalue weighted by Gasteiger charge is 2.49. The minimum Gasteiger partial charge on any atom is -0.464 e. The van der Waals surface area contributed by atoms with Crippen molar-refractivity contribution in [2.45, 2.75) is 93.4 Å². The molecule has 0 radical (unpaired) electrons. The third-order valence-electron chi connectivity index (χ3n) is 12.1. The second-order valence-corrected chi connectivity index (χ2v) is 15.5. The molecule has 1 aromatic heterocycles. The smallest absolute Gasteiger partial charge is 0.200 e. The van der Waals surface area contributed by atoms with Crippen LogP contribution in [0.25, 0.3) is 33.2 Å². The zero-order valence-electron chi connectivity index (χ0n) is 28.6.